The van der Waals surface area contributed by atoms with Crippen LogP contribution < -0.4 is 10.1 Å². The van der Waals surface area contributed by atoms with Crippen LogP contribution in [0, 0.1) is 31.1 Å². The number of hydrogen-bond donors (Lipinski definition) is 1. The van der Waals surface area contributed by atoms with Gasteiger partial charge in [0, 0.05) is 35.4 Å². The van der Waals surface area contributed by atoms with Crippen LogP contribution in [-0.2, 0) is 4.79 Å². The van der Waals surface area contributed by atoms with Crippen LogP contribution in [0.15, 0.2) is 65.8 Å². The molecule has 0 unspecified atom stereocenters. The number of nitrogens with one attached hydrogen (secondary N) is 1. The lowest BCUT2D eigenvalue weighted by atomic mass is 9.67. The van der Waals surface area contributed by atoms with Crippen molar-refractivity contribution >= 4 is 22.8 Å². The number of Topliss-reactive ketones (excluding diaryl/α,β-unsaturated/α-hetero) is 1. The zero-order chi connectivity index (χ0) is 26.6. The van der Waals surface area contributed by atoms with E-state index in [1.54, 1.807) is 12.1 Å². The van der Waals surface area contributed by atoms with Crippen molar-refractivity contribution in [3.8, 4) is 5.75 Å². The van der Waals surface area contributed by atoms with Crippen LogP contribution in [0.1, 0.15) is 53.2 Å². The summed E-state index contributed by atoms with van der Waals surface area (Å²) in [5, 5.41) is 26.1. The number of non-ortho nitro benzene ring substituents is 2. The SMILES string of the molecule is CC(C)(C)C1=CC2(C=C(C(C)(C)C)C1=O)Nc1cc([N+](=O)[O-])ccc1O[C@@H]2c1ccc([N+](=O)[O-])cc1. The molecular weight excluding hydrogens is 462 g/mol. The monoisotopic (exact) mass is 491 g/mol. The zero-order valence-corrected chi connectivity index (χ0v) is 21.1. The summed E-state index contributed by atoms with van der Waals surface area (Å²) < 4.78 is 6.45. The zero-order valence-electron chi connectivity index (χ0n) is 21.1. The van der Waals surface area contributed by atoms with Gasteiger partial charge >= 0.3 is 0 Å². The molecule has 4 rings (SSSR count). The first-order valence-corrected chi connectivity index (χ1v) is 11.6. The molecule has 0 aromatic heterocycles. The highest BCUT2D eigenvalue weighted by Crippen LogP contribution is 2.50. The van der Waals surface area contributed by atoms with Gasteiger partial charge in [0.2, 0.25) is 0 Å². The second kappa shape index (κ2) is 8.29. The van der Waals surface area contributed by atoms with E-state index in [0.29, 0.717) is 28.1 Å². The molecule has 0 radical (unpaired) electrons. The normalized spacial score (nSPS) is 18.9. The van der Waals surface area contributed by atoms with Gasteiger partial charge < -0.3 is 10.1 Å². The van der Waals surface area contributed by atoms with Crippen LogP contribution in [-0.4, -0.2) is 21.2 Å². The van der Waals surface area contributed by atoms with Crippen molar-refractivity contribution in [1.82, 2.24) is 0 Å². The first-order chi connectivity index (χ1) is 16.6. The van der Waals surface area contributed by atoms with E-state index < -0.39 is 32.3 Å². The molecule has 0 saturated carbocycles. The van der Waals surface area contributed by atoms with Crippen LogP contribution in [0.3, 0.4) is 0 Å². The Bertz CT molecular complexity index is 1290. The van der Waals surface area contributed by atoms with E-state index >= 15 is 0 Å². The highest BCUT2D eigenvalue weighted by Gasteiger charge is 2.49. The lowest BCUT2D eigenvalue weighted by molar-refractivity contribution is -0.385. The number of anilines is 1. The number of nitrogens with zero attached hydrogens (tertiary/aromatic N) is 2. The number of ether oxygens (including phenoxy) is 1. The van der Waals surface area contributed by atoms with Crippen LogP contribution in [0.2, 0.25) is 0 Å². The van der Waals surface area contributed by atoms with Gasteiger partial charge in [0.1, 0.15) is 11.3 Å². The number of carbonyl (C=O) groups is 1. The Morgan fingerprint density at radius 2 is 1.33 bits per heavy atom. The number of nitro benzene ring substituents is 2. The van der Waals surface area contributed by atoms with Crippen LogP contribution >= 0.6 is 0 Å². The summed E-state index contributed by atoms with van der Waals surface area (Å²) >= 11 is 0. The predicted octanol–water partition coefficient (Wildman–Crippen LogP) is 6.32. The maximum Gasteiger partial charge on any atom is 0.271 e. The molecule has 1 spiro atoms. The molecule has 9 nitrogen and oxygen atoms in total. The van der Waals surface area contributed by atoms with E-state index in [0.717, 1.165) is 0 Å². The number of rotatable bonds is 3. The van der Waals surface area contributed by atoms with Crippen molar-refractivity contribution in [2.75, 3.05) is 5.32 Å². The summed E-state index contributed by atoms with van der Waals surface area (Å²) in [7, 11) is 0. The summed E-state index contributed by atoms with van der Waals surface area (Å²) in [6.07, 6.45) is 2.98. The van der Waals surface area contributed by atoms with Crippen LogP contribution in [0.4, 0.5) is 17.1 Å². The number of benzene rings is 2. The summed E-state index contributed by atoms with van der Waals surface area (Å²) in [5.74, 6) is 0.345. The average molecular weight is 492 g/mol. The molecule has 1 heterocycles. The molecular formula is C27H29N3O6. The van der Waals surface area contributed by atoms with Gasteiger partial charge in [-0.05, 0) is 46.7 Å². The number of hydrogen-bond acceptors (Lipinski definition) is 7. The molecule has 188 valence electrons. The Balaban J connectivity index is 2.00. The third kappa shape index (κ3) is 4.36. The quantitative estimate of drug-likeness (QED) is 0.394. The van der Waals surface area contributed by atoms with Crippen molar-refractivity contribution in [1.29, 1.82) is 0 Å². The van der Waals surface area contributed by atoms with Crippen molar-refractivity contribution < 1.29 is 19.4 Å². The molecule has 1 N–H and O–H groups in total. The number of carbonyl (C=O) groups excluding carboxylic acids is 1. The van der Waals surface area contributed by atoms with Gasteiger partial charge in [-0.15, -0.1) is 0 Å². The predicted molar refractivity (Wildman–Crippen MR) is 136 cm³/mol. The van der Waals surface area contributed by atoms with Gasteiger partial charge in [-0.25, -0.2) is 0 Å². The first kappa shape index (κ1) is 25.1. The maximum absolute atomic E-state index is 13.6. The molecule has 1 atom stereocenters. The summed E-state index contributed by atoms with van der Waals surface area (Å²) in [6, 6.07) is 10.4. The lowest BCUT2D eigenvalue weighted by Gasteiger charge is -2.47. The highest BCUT2D eigenvalue weighted by atomic mass is 16.6. The fraction of sp³-hybridized carbons (Fsp3) is 0.370. The van der Waals surface area contributed by atoms with Crippen molar-refractivity contribution in [2.24, 2.45) is 10.8 Å². The van der Waals surface area contributed by atoms with Crippen LogP contribution in [0.25, 0.3) is 0 Å². The minimum Gasteiger partial charge on any atom is -0.480 e. The molecule has 2 aliphatic rings. The van der Waals surface area contributed by atoms with Crippen molar-refractivity contribution in [3.63, 3.8) is 0 Å². The van der Waals surface area contributed by atoms with E-state index in [2.05, 4.69) is 5.32 Å². The molecule has 2 aromatic rings. The lowest BCUT2D eigenvalue weighted by Crippen LogP contribution is -2.50. The smallest absolute Gasteiger partial charge is 0.271 e. The van der Waals surface area contributed by atoms with E-state index in [1.165, 1.54) is 30.3 Å². The summed E-state index contributed by atoms with van der Waals surface area (Å²) in [6.45, 7) is 11.7. The molecule has 1 aliphatic carbocycles. The molecule has 0 amide bonds. The van der Waals surface area contributed by atoms with Gasteiger partial charge in [0.05, 0.1) is 15.5 Å². The Morgan fingerprint density at radius 1 is 0.833 bits per heavy atom. The minimum atomic E-state index is -1.09. The van der Waals surface area contributed by atoms with E-state index in [4.69, 9.17) is 4.74 Å². The summed E-state index contributed by atoms with van der Waals surface area (Å²) in [5.41, 5.74) is 0.0186. The third-order valence-corrected chi connectivity index (χ3v) is 6.48. The molecule has 0 fully saturated rings. The van der Waals surface area contributed by atoms with Crippen molar-refractivity contribution in [2.45, 2.75) is 53.2 Å². The first-order valence-electron chi connectivity index (χ1n) is 11.6. The Labute approximate surface area is 209 Å². The standard InChI is InChI=1S/C27H29N3O6/c1-25(2,3)19-14-27(15-20(23(19)31)26(4,5)6)24(16-7-9-17(10-8-16)29(32)33)36-22-12-11-18(30(34)35)13-21(22)28-27/h7-15,24,28H,1-6H3/t24-/m1/s1. The van der Waals surface area contributed by atoms with Gasteiger partial charge in [0.25, 0.3) is 11.4 Å². The Hall–Kier alpha value is -4.01. The molecule has 36 heavy (non-hydrogen) atoms. The number of fused-ring (bicyclic) bond motifs is 1. The van der Waals surface area contributed by atoms with E-state index in [9.17, 15) is 25.0 Å². The van der Waals surface area contributed by atoms with Gasteiger partial charge in [0.15, 0.2) is 11.9 Å². The summed E-state index contributed by atoms with van der Waals surface area (Å²) in [4.78, 5) is 35.4. The Kier molecular flexibility index (Phi) is 5.78. The van der Waals surface area contributed by atoms with Crippen molar-refractivity contribution in [3.05, 3.63) is 91.6 Å². The fourth-order valence-electron chi connectivity index (χ4n) is 4.60. The number of allylic oxidation sites excluding steroid dienone is 2. The molecule has 0 saturated heterocycles. The van der Waals surface area contributed by atoms with Crippen LogP contribution in [0.5, 0.6) is 5.75 Å². The highest BCUT2D eigenvalue weighted by molar-refractivity contribution is 6.11. The second-order valence-corrected chi connectivity index (χ2v) is 11.3. The minimum absolute atomic E-state index is 0.0525. The Morgan fingerprint density at radius 3 is 1.81 bits per heavy atom. The topological polar surface area (TPSA) is 125 Å². The average Bonchev–Trinajstić information content (AvgIpc) is 2.78. The molecule has 9 heteroatoms. The largest absolute Gasteiger partial charge is 0.480 e. The van der Waals surface area contributed by atoms with Gasteiger partial charge in [-0.1, -0.05) is 41.5 Å². The van der Waals surface area contributed by atoms with Gasteiger partial charge in [-0.3, -0.25) is 25.0 Å². The second-order valence-electron chi connectivity index (χ2n) is 11.3. The molecule has 2 aromatic carbocycles. The maximum atomic E-state index is 13.6. The molecule has 1 aliphatic heterocycles. The van der Waals surface area contributed by atoms with E-state index in [1.807, 2.05) is 53.7 Å². The fourth-order valence-corrected chi connectivity index (χ4v) is 4.60. The van der Waals surface area contributed by atoms with Gasteiger partial charge in [-0.2, -0.15) is 0 Å². The van der Waals surface area contributed by atoms with E-state index in [-0.39, 0.29) is 17.2 Å². The third-order valence-electron chi connectivity index (χ3n) is 6.48. The number of ketones is 1. The molecule has 0 bridgehead atoms. The number of nitro groups is 2.